The van der Waals surface area contributed by atoms with Crippen molar-refractivity contribution in [1.82, 2.24) is 14.5 Å². The second-order valence-electron chi connectivity index (χ2n) is 7.73. The number of likely N-dealkylation sites (tertiary alicyclic amines) is 1. The fourth-order valence-corrected chi connectivity index (χ4v) is 3.94. The molecule has 0 spiro atoms. The predicted molar refractivity (Wildman–Crippen MR) is 100 cm³/mol. The molecule has 1 aliphatic heterocycles. The molecule has 2 heterocycles. The topological polar surface area (TPSA) is 47.4 Å². The first-order chi connectivity index (χ1) is 13.1. The van der Waals surface area contributed by atoms with Crippen LogP contribution in [0.15, 0.2) is 30.5 Å². The minimum absolute atomic E-state index is 0.00419. The summed E-state index contributed by atoms with van der Waals surface area (Å²) in [6.07, 6.45) is 6.77. The van der Waals surface area contributed by atoms with Gasteiger partial charge in [-0.3, -0.25) is 4.79 Å². The lowest BCUT2D eigenvalue weighted by Crippen LogP contribution is -2.33. The number of aryl methyl sites for hydroxylation is 1. The van der Waals surface area contributed by atoms with Crippen LogP contribution in [0.1, 0.15) is 43.1 Å². The molecule has 2 fully saturated rings. The molecule has 0 bridgehead atoms. The molecule has 27 heavy (non-hydrogen) atoms. The van der Waals surface area contributed by atoms with Gasteiger partial charge in [0.2, 0.25) is 0 Å². The van der Waals surface area contributed by atoms with Crippen molar-refractivity contribution in [1.29, 1.82) is 0 Å². The van der Waals surface area contributed by atoms with Crippen LogP contribution in [-0.2, 0) is 11.3 Å². The zero-order valence-corrected chi connectivity index (χ0v) is 15.7. The second-order valence-corrected chi connectivity index (χ2v) is 7.73. The molecule has 1 aromatic carbocycles. The Balaban J connectivity index is 1.30. The normalized spacial score (nSPS) is 19.9. The molecule has 1 unspecified atom stereocenters. The second kappa shape index (κ2) is 7.71. The summed E-state index contributed by atoms with van der Waals surface area (Å²) in [5, 5.41) is 0. The van der Waals surface area contributed by atoms with Gasteiger partial charge in [-0.15, -0.1) is 0 Å². The van der Waals surface area contributed by atoms with E-state index >= 15 is 0 Å². The Kier molecular flexibility index (Phi) is 5.14. The van der Waals surface area contributed by atoms with Gasteiger partial charge in [0, 0.05) is 37.4 Å². The average Bonchev–Trinajstić information content (AvgIpc) is 3.22. The molecule has 0 radical (unpaired) electrons. The molecule has 6 heteroatoms. The van der Waals surface area contributed by atoms with E-state index in [1.54, 1.807) is 12.1 Å². The van der Waals surface area contributed by atoms with E-state index in [1.807, 2.05) is 11.1 Å². The fraction of sp³-hybridized carbons (Fsp3) is 0.524. The van der Waals surface area contributed by atoms with E-state index in [0.29, 0.717) is 17.6 Å². The highest BCUT2D eigenvalue weighted by Crippen LogP contribution is 2.36. The van der Waals surface area contributed by atoms with Crippen LogP contribution in [-0.4, -0.2) is 40.1 Å². The molecule has 144 valence electrons. The molecule has 1 amide bonds. The van der Waals surface area contributed by atoms with Gasteiger partial charge in [0.1, 0.15) is 17.4 Å². The number of hydrogen-bond donors (Lipinski definition) is 0. The number of imidazole rings is 1. The molecule has 1 atom stereocenters. The van der Waals surface area contributed by atoms with Crippen molar-refractivity contribution in [3.05, 3.63) is 47.8 Å². The third-order valence-corrected chi connectivity index (χ3v) is 5.81. The summed E-state index contributed by atoms with van der Waals surface area (Å²) >= 11 is 0. The van der Waals surface area contributed by atoms with Crippen LogP contribution in [0.3, 0.4) is 0 Å². The molecule has 2 aliphatic rings. The van der Waals surface area contributed by atoms with Crippen molar-refractivity contribution in [2.24, 2.45) is 5.92 Å². The van der Waals surface area contributed by atoms with E-state index in [1.165, 1.54) is 42.9 Å². The van der Waals surface area contributed by atoms with Gasteiger partial charge in [-0.1, -0.05) is 6.42 Å². The Morgan fingerprint density at radius 3 is 2.74 bits per heavy atom. The molecule has 0 N–H and O–H groups in total. The van der Waals surface area contributed by atoms with Gasteiger partial charge in [-0.2, -0.15) is 0 Å². The predicted octanol–water partition coefficient (Wildman–Crippen LogP) is 3.53. The van der Waals surface area contributed by atoms with E-state index in [9.17, 15) is 9.18 Å². The molecular weight excluding hydrogens is 345 g/mol. The number of halogens is 1. The van der Waals surface area contributed by atoms with E-state index in [4.69, 9.17) is 4.74 Å². The smallest absolute Gasteiger partial charge is 0.260 e. The Morgan fingerprint density at radius 2 is 2.04 bits per heavy atom. The molecule has 1 saturated carbocycles. The van der Waals surface area contributed by atoms with Crippen molar-refractivity contribution in [2.45, 2.75) is 45.1 Å². The van der Waals surface area contributed by atoms with Crippen LogP contribution in [0.25, 0.3) is 0 Å². The third-order valence-electron chi connectivity index (χ3n) is 5.81. The quantitative estimate of drug-likeness (QED) is 0.780. The molecule has 4 rings (SSSR count). The van der Waals surface area contributed by atoms with Crippen molar-refractivity contribution >= 4 is 5.91 Å². The minimum Gasteiger partial charge on any atom is -0.484 e. The van der Waals surface area contributed by atoms with E-state index in [0.717, 1.165) is 26.1 Å². The zero-order chi connectivity index (χ0) is 18.8. The first-order valence-corrected chi connectivity index (χ1v) is 9.78. The summed E-state index contributed by atoms with van der Waals surface area (Å²) < 4.78 is 20.8. The van der Waals surface area contributed by atoms with Crippen LogP contribution in [0.5, 0.6) is 5.75 Å². The van der Waals surface area contributed by atoms with Crippen molar-refractivity contribution in [2.75, 3.05) is 19.7 Å². The Morgan fingerprint density at radius 1 is 1.26 bits per heavy atom. The lowest BCUT2D eigenvalue weighted by atomic mass is 9.84. The standard InChI is InChI=1S/C21H26FN3O2/c1-15-11-23-21(17-3-2-4-17)25(15)13-16-9-10-24(12-16)20(26)14-27-19-7-5-18(22)6-8-19/h5-8,11,16-17H,2-4,9-10,12-14H2,1H3. The molecule has 1 saturated heterocycles. The molecular formula is C21H26FN3O2. The van der Waals surface area contributed by atoms with E-state index < -0.39 is 0 Å². The number of rotatable bonds is 6. The summed E-state index contributed by atoms with van der Waals surface area (Å²) in [4.78, 5) is 19.0. The minimum atomic E-state index is -0.313. The van der Waals surface area contributed by atoms with Crippen molar-refractivity contribution < 1.29 is 13.9 Å². The first-order valence-electron chi connectivity index (χ1n) is 9.78. The number of amides is 1. The monoisotopic (exact) mass is 371 g/mol. The van der Waals surface area contributed by atoms with Crippen LogP contribution < -0.4 is 4.74 Å². The highest BCUT2D eigenvalue weighted by atomic mass is 19.1. The fourth-order valence-electron chi connectivity index (χ4n) is 3.94. The third kappa shape index (κ3) is 3.99. The number of hydrogen-bond acceptors (Lipinski definition) is 3. The van der Waals surface area contributed by atoms with Gasteiger partial charge in [0.05, 0.1) is 0 Å². The maximum absolute atomic E-state index is 12.9. The van der Waals surface area contributed by atoms with Crippen LogP contribution in [0, 0.1) is 18.7 Å². The summed E-state index contributed by atoms with van der Waals surface area (Å²) in [5.41, 5.74) is 1.21. The molecule has 2 aromatic rings. The van der Waals surface area contributed by atoms with E-state index in [2.05, 4.69) is 16.5 Å². The Hall–Kier alpha value is -2.37. The van der Waals surface area contributed by atoms with E-state index in [-0.39, 0.29) is 18.3 Å². The average molecular weight is 371 g/mol. The van der Waals surface area contributed by atoms with Crippen molar-refractivity contribution in [3.63, 3.8) is 0 Å². The molecule has 1 aliphatic carbocycles. The number of nitrogens with zero attached hydrogens (tertiary/aromatic N) is 3. The van der Waals surface area contributed by atoms with Gasteiger partial charge >= 0.3 is 0 Å². The Labute approximate surface area is 159 Å². The van der Waals surface area contributed by atoms with Gasteiger partial charge in [-0.25, -0.2) is 9.37 Å². The highest BCUT2D eigenvalue weighted by Gasteiger charge is 2.30. The summed E-state index contributed by atoms with van der Waals surface area (Å²) in [6.45, 7) is 4.57. The number of carbonyl (C=O) groups is 1. The van der Waals surface area contributed by atoms with Gasteiger partial charge in [0.15, 0.2) is 6.61 Å². The maximum atomic E-state index is 12.9. The van der Waals surface area contributed by atoms with Crippen molar-refractivity contribution in [3.8, 4) is 5.75 Å². The van der Waals surface area contributed by atoms with Gasteiger partial charge in [-0.05, 0) is 56.4 Å². The first kappa shape index (κ1) is 18.0. The van der Waals surface area contributed by atoms with Crippen LogP contribution >= 0.6 is 0 Å². The highest BCUT2D eigenvalue weighted by molar-refractivity contribution is 5.78. The number of benzene rings is 1. The molecule has 1 aromatic heterocycles. The summed E-state index contributed by atoms with van der Waals surface area (Å²) in [5.74, 6) is 2.48. The van der Waals surface area contributed by atoms with Gasteiger partial charge in [0.25, 0.3) is 5.91 Å². The van der Waals surface area contributed by atoms with Crippen LogP contribution in [0.2, 0.25) is 0 Å². The number of aromatic nitrogens is 2. The largest absolute Gasteiger partial charge is 0.484 e. The maximum Gasteiger partial charge on any atom is 0.260 e. The SMILES string of the molecule is Cc1cnc(C2CCC2)n1CC1CCN(C(=O)COc2ccc(F)cc2)C1. The van der Waals surface area contributed by atoms with Crippen LogP contribution in [0.4, 0.5) is 4.39 Å². The lowest BCUT2D eigenvalue weighted by Gasteiger charge is -2.27. The summed E-state index contributed by atoms with van der Waals surface area (Å²) in [7, 11) is 0. The zero-order valence-electron chi connectivity index (χ0n) is 15.7. The number of ether oxygens (including phenoxy) is 1. The van der Waals surface area contributed by atoms with Gasteiger partial charge < -0.3 is 14.2 Å². The lowest BCUT2D eigenvalue weighted by molar-refractivity contribution is -0.132. The Bertz CT molecular complexity index is 798. The summed E-state index contributed by atoms with van der Waals surface area (Å²) in [6, 6.07) is 5.75. The molecule has 5 nitrogen and oxygen atoms in total. The number of carbonyl (C=O) groups excluding carboxylic acids is 1.